The van der Waals surface area contributed by atoms with Gasteiger partial charge in [0.15, 0.2) is 6.61 Å². The topological polar surface area (TPSA) is 81.4 Å². The zero-order chi connectivity index (χ0) is 18.1. The third kappa shape index (κ3) is 3.76. The summed E-state index contributed by atoms with van der Waals surface area (Å²) in [5.41, 5.74) is 6.01. The fraction of sp³-hybridized carbons (Fsp3) is 0.524. The van der Waals surface area contributed by atoms with Crippen LogP contribution in [0, 0.1) is 17.8 Å². The minimum atomic E-state index is -0.504. The Hall–Kier alpha value is -2.30. The predicted octanol–water partition coefficient (Wildman–Crippen LogP) is 2.65. The summed E-state index contributed by atoms with van der Waals surface area (Å²) in [4.78, 5) is 23.2. The van der Waals surface area contributed by atoms with Gasteiger partial charge in [-0.15, -0.1) is 0 Å². The van der Waals surface area contributed by atoms with E-state index in [4.69, 9.17) is 10.5 Å². The molecule has 4 bridgehead atoms. The first-order valence-corrected chi connectivity index (χ1v) is 9.51. The van der Waals surface area contributed by atoms with Gasteiger partial charge in [-0.1, -0.05) is 12.1 Å². The molecule has 4 saturated carbocycles. The van der Waals surface area contributed by atoms with Crippen LogP contribution in [0.3, 0.4) is 0 Å². The predicted molar refractivity (Wildman–Crippen MR) is 99.2 cm³/mol. The number of carbonyl (C=O) groups excluding carboxylic acids is 2. The van der Waals surface area contributed by atoms with Gasteiger partial charge in [-0.3, -0.25) is 9.59 Å². The summed E-state index contributed by atoms with van der Waals surface area (Å²) >= 11 is 0. The maximum Gasteiger partial charge on any atom is 0.255 e. The number of carbonyl (C=O) groups is 2. The second kappa shape index (κ2) is 6.78. The van der Waals surface area contributed by atoms with E-state index in [0.29, 0.717) is 5.75 Å². The lowest BCUT2D eigenvalue weighted by molar-refractivity contribution is -0.122. The number of ether oxygens (including phenoxy) is 1. The first-order valence-electron chi connectivity index (χ1n) is 9.51. The number of nitrogens with one attached hydrogen (secondary N) is 1. The highest BCUT2D eigenvalue weighted by Crippen LogP contribution is 2.55. The summed E-state index contributed by atoms with van der Waals surface area (Å²) in [5, 5.41) is 3.34. The van der Waals surface area contributed by atoms with Crippen molar-refractivity contribution in [1.82, 2.24) is 5.32 Å². The quantitative estimate of drug-likeness (QED) is 0.771. The van der Waals surface area contributed by atoms with Crippen molar-refractivity contribution in [3.05, 3.63) is 35.9 Å². The van der Waals surface area contributed by atoms with Gasteiger partial charge in [0.05, 0.1) is 0 Å². The van der Waals surface area contributed by atoms with E-state index < -0.39 is 5.91 Å². The van der Waals surface area contributed by atoms with Crippen molar-refractivity contribution >= 4 is 17.9 Å². The molecule has 0 atom stereocenters. The zero-order valence-electron chi connectivity index (χ0n) is 14.9. The van der Waals surface area contributed by atoms with Gasteiger partial charge in [-0.05, 0) is 80.1 Å². The summed E-state index contributed by atoms with van der Waals surface area (Å²) < 4.78 is 5.23. The molecule has 5 heteroatoms. The minimum absolute atomic E-state index is 0.000931. The number of nitrogens with two attached hydrogens (primary N) is 1. The van der Waals surface area contributed by atoms with Crippen LogP contribution in [-0.2, 0) is 9.59 Å². The van der Waals surface area contributed by atoms with Crippen LogP contribution in [0.2, 0.25) is 0 Å². The van der Waals surface area contributed by atoms with E-state index >= 15 is 0 Å². The third-order valence-electron chi connectivity index (χ3n) is 6.11. The maximum atomic E-state index is 12.5. The second-order valence-corrected chi connectivity index (χ2v) is 8.34. The molecule has 0 saturated heterocycles. The lowest BCUT2D eigenvalue weighted by Gasteiger charge is -2.56. The SMILES string of the molecule is NC(=O)COc1ccc(/C=C/C(=O)NC23CC4CC(CC(C4)C2)C3)cc1. The summed E-state index contributed by atoms with van der Waals surface area (Å²) in [6.45, 7) is -0.136. The smallest absolute Gasteiger partial charge is 0.255 e. The van der Waals surface area contributed by atoms with Crippen molar-refractivity contribution in [2.75, 3.05) is 6.61 Å². The highest BCUT2D eigenvalue weighted by molar-refractivity contribution is 5.92. The lowest BCUT2D eigenvalue weighted by Crippen LogP contribution is -2.59. The van der Waals surface area contributed by atoms with Gasteiger partial charge in [-0.2, -0.15) is 0 Å². The molecule has 4 aliphatic carbocycles. The Kier molecular flexibility index (Phi) is 4.47. The van der Waals surface area contributed by atoms with Crippen molar-refractivity contribution in [2.45, 2.75) is 44.1 Å². The highest BCUT2D eigenvalue weighted by atomic mass is 16.5. The highest BCUT2D eigenvalue weighted by Gasteiger charge is 2.51. The van der Waals surface area contributed by atoms with Crippen LogP contribution in [0.1, 0.15) is 44.1 Å². The second-order valence-electron chi connectivity index (χ2n) is 8.34. The summed E-state index contributed by atoms with van der Waals surface area (Å²) in [6, 6.07) is 7.23. The van der Waals surface area contributed by atoms with E-state index in [2.05, 4.69) is 5.32 Å². The fourth-order valence-corrected chi connectivity index (χ4v) is 5.57. The molecule has 5 nitrogen and oxygen atoms in total. The molecule has 0 aromatic heterocycles. The average molecular weight is 354 g/mol. The number of hydrogen-bond donors (Lipinski definition) is 2. The van der Waals surface area contributed by atoms with Gasteiger partial charge in [0.25, 0.3) is 5.91 Å². The first kappa shape index (κ1) is 17.1. The van der Waals surface area contributed by atoms with E-state index in [1.165, 1.54) is 19.3 Å². The lowest BCUT2D eigenvalue weighted by atomic mass is 9.53. The molecule has 0 aliphatic heterocycles. The molecule has 26 heavy (non-hydrogen) atoms. The average Bonchev–Trinajstić information content (AvgIpc) is 2.57. The molecule has 3 N–H and O–H groups in total. The van der Waals surface area contributed by atoms with Gasteiger partial charge in [0.2, 0.25) is 5.91 Å². The normalized spacial score (nSPS) is 31.9. The molecular weight excluding hydrogens is 328 g/mol. The summed E-state index contributed by atoms with van der Waals surface area (Å²) in [6.07, 6.45) is 11.0. The van der Waals surface area contributed by atoms with E-state index in [9.17, 15) is 9.59 Å². The molecule has 0 heterocycles. The molecule has 1 aromatic rings. The molecular formula is C21H26N2O3. The van der Waals surface area contributed by atoms with Crippen molar-refractivity contribution in [1.29, 1.82) is 0 Å². The van der Waals surface area contributed by atoms with Crippen LogP contribution >= 0.6 is 0 Å². The van der Waals surface area contributed by atoms with E-state index in [1.807, 2.05) is 18.2 Å². The number of rotatable bonds is 6. The number of primary amides is 1. The molecule has 5 rings (SSSR count). The Labute approximate surface area is 154 Å². The zero-order valence-corrected chi connectivity index (χ0v) is 14.9. The van der Waals surface area contributed by atoms with E-state index in [-0.39, 0.29) is 18.1 Å². The molecule has 0 radical (unpaired) electrons. The van der Waals surface area contributed by atoms with Crippen molar-refractivity contribution < 1.29 is 14.3 Å². The molecule has 1 aromatic carbocycles. The van der Waals surface area contributed by atoms with Crippen LogP contribution in [0.25, 0.3) is 6.08 Å². The van der Waals surface area contributed by atoms with Crippen molar-refractivity contribution in [3.63, 3.8) is 0 Å². The van der Waals surface area contributed by atoms with Gasteiger partial charge < -0.3 is 15.8 Å². The minimum Gasteiger partial charge on any atom is -0.484 e. The first-order chi connectivity index (χ1) is 12.5. The Morgan fingerprint density at radius 1 is 1.08 bits per heavy atom. The fourth-order valence-electron chi connectivity index (χ4n) is 5.57. The summed E-state index contributed by atoms with van der Waals surface area (Å²) in [7, 11) is 0. The maximum absolute atomic E-state index is 12.5. The Balaban J connectivity index is 1.34. The Morgan fingerprint density at radius 3 is 2.19 bits per heavy atom. The number of hydrogen-bond acceptors (Lipinski definition) is 3. The molecule has 4 fully saturated rings. The third-order valence-corrected chi connectivity index (χ3v) is 6.11. The van der Waals surface area contributed by atoms with Crippen molar-refractivity contribution in [2.24, 2.45) is 23.5 Å². The van der Waals surface area contributed by atoms with Crippen LogP contribution < -0.4 is 15.8 Å². The molecule has 138 valence electrons. The monoisotopic (exact) mass is 354 g/mol. The summed E-state index contributed by atoms with van der Waals surface area (Å²) in [5.74, 6) is 2.53. The van der Waals surface area contributed by atoms with E-state index in [0.717, 1.165) is 42.6 Å². The molecule has 0 unspecified atom stereocenters. The number of amides is 2. The number of benzene rings is 1. The van der Waals surface area contributed by atoms with Crippen LogP contribution in [0.15, 0.2) is 30.3 Å². The van der Waals surface area contributed by atoms with Gasteiger partial charge >= 0.3 is 0 Å². The van der Waals surface area contributed by atoms with Gasteiger partial charge in [0, 0.05) is 11.6 Å². The van der Waals surface area contributed by atoms with Gasteiger partial charge in [0.1, 0.15) is 5.75 Å². The molecule has 2 amide bonds. The van der Waals surface area contributed by atoms with Crippen molar-refractivity contribution in [3.8, 4) is 5.75 Å². The van der Waals surface area contributed by atoms with Crippen LogP contribution in [0.4, 0.5) is 0 Å². The molecule has 0 spiro atoms. The Bertz CT molecular complexity index is 688. The van der Waals surface area contributed by atoms with Crippen LogP contribution in [0.5, 0.6) is 5.75 Å². The Morgan fingerprint density at radius 2 is 1.65 bits per heavy atom. The van der Waals surface area contributed by atoms with Crippen LogP contribution in [-0.4, -0.2) is 24.0 Å². The molecule has 4 aliphatic rings. The van der Waals surface area contributed by atoms with Gasteiger partial charge in [-0.25, -0.2) is 0 Å². The standard InChI is InChI=1S/C21H26N2O3/c22-19(24)13-26-18-4-1-14(2-5-18)3-6-20(25)23-21-10-15-7-16(11-21)9-17(8-15)12-21/h1-6,15-17H,7-13H2,(H2,22,24)(H,23,25)/b6-3+. The largest absolute Gasteiger partial charge is 0.484 e. The van der Waals surface area contributed by atoms with E-state index in [1.54, 1.807) is 18.2 Å².